The van der Waals surface area contributed by atoms with Crippen molar-refractivity contribution in [2.45, 2.75) is 6.92 Å². The smallest absolute Gasteiger partial charge is 0.273 e. The van der Waals surface area contributed by atoms with Crippen LogP contribution in [0.25, 0.3) is 10.9 Å². The number of pyridine rings is 2. The minimum absolute atomic E-state index is 0.221. The molecule has 0 amide bonds. The lowest BCUT2D eigenvalue weighted by molar-refractivity contribution is 0.843. The molecular formula is C16H14N4O2. The first kappa shape index (κ1) is 13.8. The van der Waals surface area contributed by atoms with Crippen LogP contribution in [0.4, 0.5) is 5.82 Å². The second kappa shape index (κ2) is 5.33. The van der Waals surface area contributed by atoms with E-state index < -0.39 is 0 Å². The minimum atomic E-state index is -0.342. The maximum Gasteiger partial charge on any atom is 0.273 e. The Morgan fingerprint density at radius 3 is 2.73 bits per heavy atom. The van der Waals surface area contributed by atoms with Crippen LogP contribution in [0.15, 0.2) is 57.2 Å². The summed E-state index contributed by atoms with van der Waals surface area (Å²) in [6.07, 6.45) is 1.33. The fourth-order valence-corrected chi connectivity index (χ4v) is 2.22. The second-order valence-corrected chi connectivity index (χ2v) is 4.99. The van der Waals surface area contributed by atoms with Gasteiger partial charge in [-0.3, -0.25) is 9.59 Å². The molecule has 2 aromatic heterocycles. The number of fused-ring (bicyclic) bond motifs is 1. The Morgan fingerprint density at radius 2 is 1.95 bits per heavy atom. The fraction of sp³-hybridized carbons (Fsp3) is 0.0625. The molecule has 1 aromatic carbocycles. The Kier molecular flexibility index (Phi) is 3.34. The molecule has 2 heterocycles. The number of aromatic nitrogens is 2. The Hall–Kier alpha value is -3.15. The van der Waals surface area contributed by atoms with Gasteiger partial charge in [-0.25, -0.2) is 0 Å². The number of nitrogens with two attached hydrogens (primary N) is 1. The molecule has 0 spiro atoms. The third kappa shape index (κ3) is 2.54. The molecule has 6 nitrogen and oxygen atoms in total. The van der Waals surface area contributed by atoms with Gasteiger partial charge in [0.2, 0.25) is 0 Å². The van der Waals surface area contributed by atoms with Gasteiger partial charge >= 0.3 is 0 Å². The molecule has 3 rings (SSSR count). The van der Waals surface area contributed by atoms with Crippen LogP contribution < -0.4 is 16.9 Å². The second-order valence-electron chi connectivity index (χ2n) is 4.99. The average Bonchev–Trinajstić information content (AvgIpc) is 2.46. The first-order chi connectivity index (χ1) is 10.5. The lowest BCUT2D eigenvalue weighted by atomic mass is 10.2. The number of aryl methyl sites for hydroxylation is 1. The highest BCUT2D eigenvalue weighted by molar-refractivity contribution is 5.87. The zero-order valence-electron chi connectivity index (χ0n) is 11.9. The normalized spacial score (nSPS) is 11.3. The molecule has 0 saturated heterocycles. The molecule has 0 fully saturated rings. The third-order valence-electron chi connectivity index (χ3n) is 3.27. The van der Waals surface area contributed by atoms with Crippen molar-refractivity contribution < 1.29 is 0 Å². The summed E-state index contributed by atoms with van der Waals surface area (Å²) in [6.45, 7) is 1.78. The molecule has 0 aliphatic carbocycles. The van der Waals surface area contributed by atoms with Crippen LogP contribution in [0.2, 0.25) is 0 Å². The average molecular weight is 294 g/mol. The predicted molar refractivity (Wildman–Crippen MR) is 87.4 cm³/mol. The monoisotopic (exact) mass is 294 g/mol. The van der Waals surface area contributed by atoms with E-state index in [-0.39, 0.29) is 16.9 Å². The molecule has 0 unspecified atom stereocenters. The van der Waals surface area contributed by atoms with Gasteiger partial charge in [-0.1, -0.05) is 18.2 Å². The standard InChI is InChI=1S/C16H14N4O2/c1-10-6-14(17)20(15(21)7-10)18-9-12-8-11-4-2-3-5-13(11)19-16(12)22/h2-9H,17H2,1H3,(H,19,22)/b18-9+. The van der Waals surface area contributed by atoms with E-state index in [0.29, 0.717) is 5.56 Å². The van der Waals surface area contributed by atoms with Crippen LogP contribution >= 0.6 is 0 Å². The molecule has 110 valence electrons. The highest BCUT2D eigenvalue weighted by Crippen LogP contribution is 2.09. The van der Waals surface area contributed by atoms with E-state index in [0.717, 1.165) is 21.1 Å². The molecule has 0 aliphatic rings. The third-order valence-corrected chi connectivity index (χ3v) is 3.27. The van der Waals surface area contributed by atoms with Crippen molar-refractivity contribution in [3.8, 4) is 0 Å². The Balaban J connectivity index is 2.08. The summed E-state index contributed by atoms with van der Waals surface area (Å²) in [4.78, 5) is 26.6. The van der Waals surface area contributed by atoms with Gasteiger partial charge in [-0.2, -0.15) is 9.78 Å². The number of anilines is 1. The molecule has 3 aromatic rings. The lowest BCUT2D eigenvalue weighted by Gasteiger charge is -2.04. The van der Waals surface area contributed by atoms with Crippen LogP contribution in [0.3, 0.4) is 0 Å². The Labute approximate surface area is 125 Å². The molecule has 0 radical (unpaired) electrons. The highest BCUT2D eigenvalue weighted by atomic mass is 16.1. The number of aromatic amines is 1. The van der Waals surface area contributed by atoms with E-state index in [1.165, 1.54) is 12.3 Å². The van der Waals surface area contributed by atoms with E-state index >= 15 is 0 Å². The number of rotatable bonds is 2. The first-order valence-electron chi connectivity index (χ1n) is 6.70. The van der Waals surface area contributed by atoms with E-state index in [2.05, 4.69) is 10.1 Å². The number of hydrogen-bond donors (Lipinski definition) is 2. The Bertz CT molecular complexity index is 999. The van der Waals surface area contributed by atoms with Crippen molar-refractivity contribution in [1.82, 2.24) is 9.66 Å². The number of benzene rings is 1. The van der Waals surface area contributed by atoms with Crippen LogP contribution in [0.5, 0.6) is 0 Å². The number of H-pyrrole nitrogens is 1. The predicted octanol–water partition coefficient (Wildman–Crippen LogP) is 1.46. The molecule has 0 aliphatic heterocycles. The number of para-hydroxylation sites is 1. The van der Waals surface area contributed by atoms with E-state index in [1.807, 2.05) is 24.3 Å². The van der Waals surface area contributed by atoms with Crippen molar-refractivity contribution >= 4 is 22.9 Å². The van der Waals surface area contributed by atoms with Gasteiger partial charge in [-0.05, 0) is 36.1 Å². The van der Waals surface area contributed by atoms with Crippen LogP contribution in [-0.4, -0.2) is 15.9 Å². The maximum absolute atomic E-state index is 12.0. The summed E-state index contributed by atoms with van der Waals surface area (Å²) in [5.74, 6) is 0.221. The van der Waals surface area contributed by atoms with Gasteiger partial charge in [0, 0.05) is 11.6 Å². The molecule has 6 heteroatoms. The highest BCUT2D eigenvalue weighted by Gasteiger charge is 2.02. The zero-order valence-corrected chi connectivity index (χ0v) is 11.9. The molecule has 0 bridgehead atoms. The summed E-state index contributed by atoms with van der Waals surface area (Å²) >= 11 is 0. The van der Waals surface area contributed by atoms with E-state index in [4.69, 9.17) is 5.73 Å². The summed E-state index contributed by atoms with van der Waals surface area (Å²) in [7, 11) is 0. The molecule has 22 heavy (non-hydrogen) atoms. The van der Waals surface area contributed by atoms with Gasteiger partial charge in [-0.15, -0.1) is 0 Å². The van der Waals surface area contributed by atoms with Crippen LogP contribution in [-0.2, 0) is 0 Å². The van der Waals surface area contributed by atoms with Gasteiger partial charge in [0.1, 0.15) is 5.82 Å². The SMILES string of the molecule is Cc1cc(N)n(/N=C/c2cc3ccccc3[nH]c2=O)c(=O)c1. The van der Waals surface area contributed by atoms with Gasteiger partial charge in [0.15, 0.2) is 0 Å². The molecular weight excluding hydrogens is 280 g/mol. The number of nitrogens with one attached hydrogen (secondary N) is 1. The van der Waals surface area contributed by atoms with Gasteiger partial charge < -0.3 is 10.7 Å². The number of nitrogens with zero attached hydrogens (tertiary/aromatic N) is 2. The van der Waals surface area contributed by atoms with Crippen molar-refractivity contribution in [1.29, 1.82) is 0 Å². The van der Waals surface area contributed by atoms with Crippen molar-refractivity contribution in [3.05, 3.63) is 74.3 Å². The Morgan fingerprint density at radius 1 is 1.18 bits per heavy atom. The number of nitrogen functional groups attached to an aromatic ring is 1. The largest absolute Gasteiger partial charge is 0.384 e. The summed E-state index contributed by atoms with van der Waals surface area (Å²) in [5, 5.41) is 4.90. The summed E-state index contributed by atoms with van der Waals surface area (Å²) in [6, 6.07) is 12.2. The van der Waals surface area contributed by atoms with Crippen LogP contribution in [0.1, 0.15) is 11.1 Å². The number of hydrogen-bond acceptors (Lipinski definition) is 4. The molecule has 0 saturated carbocycles. The summed E-state index contributed by atoms with van der Waals surface area (Å²) in [5.41, 5.74) is 7.02. The van der Waals surface area contributed by atoms with Crippen molar-refractivity contribution in [2.75, 3.05) is 5.73 Å². The topological polar surface area (TPSA) is 93.2 Å². The summed E-state index contributed by atoms with van der Waals surface area (Å²) < 4.78 is 1.06. The quantitative estimate of drug-likeness (QED) is 0.701. The minimum Gasteiger partial charge on any atom is -0.384 e. The fourth-order valence-electron chi connectivity index (χ4n) is 2.22. The lowest BCUT2D eigenvalue weighted by Crippen LogP contribution is -2.20. The zero-order chi connectivity index (χ0) is 15.7. The van der Waals surface area contributed by atoms with E-state index in [9.17, 15) is 9.59 Å². The maximum atomic E-state index is 12.0. The van der Waals surface area contributed by atoms with E-state index in [1.54, 1.807) is 19.1 Å². The molecule has 0 atom stereocenters. The van der Waals surface area contributed by atoms with Crippen molar-refractivity contribution in [2.24, 2.45) is 5.10 Å². The van der Waals surface area contributed by atoms with Crippen LogP contribution in [0, 0.1) is 6.92 Å². The van der Waals surface area contributed by atoms with Gasteiger partial charge in [0.05, 0.1) is 11.8 Å². The van der Waals surface area contributed by atoms with Crippen molar-refractivity contribution in [3.63, 3.8) is 0 Å². The van der Waals surface area contributed by atoms with Gasteiger partial charge in [0.25, 0.3) is 11.1 Å². The molecule has 3 N–H and O–H groups in total. The first-order valence-corrected chi connectivity index (χ1v) is 6.70.